The molecule has 1 aliphatic carbocycles. The van der Waals surface area contributed by atoms with Crippen molar-refractivity contribution in [1.29, 1.82) is 0 Å². The largest absolute Gasteiger partial charge is 0.352 e. The molecule has 0 aliphatic heterocycles. The molecule has 1 saturated carbocycles. The first-order chi connectivity index (χ1) is 11.5. The van der Waals surface area contributed by atoms with Crippen molar-refractivity contribution < 1.29 is 13.2 Å². The Balaban J connectivity index is 1.72. The molecule has 24 heavy (non-hydrogen) atoms. The van der Waals surface area contributed by atoms with Crippen LogP contribution < -0.4 is 10.0 Å². The van der Waals surface area contributed by atoms with Gasteiger partial charge in [0.15, 0.2) is 0 Å². The van der Waals surface area contributed by atoms with Gasteiger partial charge in [-0.25, -0.2) is 8.42 Å². The molecule has 1 amide bonds. The summed E-state index contributed by atoms with van der Waals surface area (Å²) in [5.41, 5.74) is 0. The van der Waals surface area contributed by atoms with E-state index in [1.165, 1.54) is 0 Å². The summed E-state index contributed by atoms with van der Waals surface area (Å²) in [5, 5.41) is 4.74. The Kier molecular flexibility index (Phi) is 4.87. The summed E-state index contributed by atoms with van der Waals surface area (Å²) in [6.45, 7) is 1.57. The number of hydrogen-bond acceptors (Lipinski definition) is 3. The molecule has 0 bridgehead atoms. The standard InChI is InChI=1S/C18H22N2O3S/c1-13(18(21)19-16-8-4-5-9-16)20-24(22,23)17-11-10-14-6-2-3-7-15(14)12-17/h2-3,6-7,10-13,16,20H,4-5,8-9H2,1H3,(H,19,21)/t13-/m1/s1. The summed E-state index contributed by atoms with van der Waals surface area (Å²) >= 11 is 0. The summed E-state index contributed by atoms with van der Waals surface area (Å²) in [5.74, 6) is -0.272. The van der Waals surface area contributed by atoms with Crippen molar-refractivity contribution in [3.05, 3.63) is 42.5 Å². The molecule has 0 saturated heterocycles. The number of carbonyl (C=O) groups is 1. The van der Waals surface area contributed by atoms with Gasteiger partial charge in [-0.2, -0.15) is 4.72 Å². The van der Waals surface area contributed by atoms with Crippen LogP contribution in [0.2, 0.25) is 0 Å². The van der Waals surface area contributed by atoms with E-state index in [0.29, 0.717) is 0 Å². The van der Waals surface area contributed by atoms with E-state index in [9.17, 15) is 13.2 Å². The minimum absolute atomic E-state index is 0.168. The Morgan fingerprint density at radius 3 is 2.46 bits per heavy atom. The topological polar surface area (TPSA) is 75.3 Å². The zero-order valence-electron chi connectivity index (χ0n) is 13.7. The normalized spacial score (nSPS) is 17.0. The number of nitrogens with one attached hydrogen (secondary N) is 2. The number of rotatable bonds is 5. The predicted octanol–water partition coefficient (Wildman–Crippen LogP) is 2.57. The first-order valence-corrected chi connectivity index (χ1v) is 9.75. The number of carbonyl (C=O) groups excluding carboxylic acids is 1. The van der Waals surface area contributed by atoms with E-state index in [1.807, 2.05) is 24.3 Å². The van der Waals surface area contributed by atoms with E-state index >= 15 is 0 Å². The maximum absolute atomic E-state index is 12.5. The fourth-order valence-corrected chi connectivity index (χ4v) is 4.32. The third-order valence-corrected chi connectivity index (χ3v) is 6.00. The van der Waals surface area contributed by atoms with Gasteiger partial charge in [0.25, 0.3) is 0 Å². The number of hydrogen-bond donors (Lipinski definition) is 2. The molecule has 6 heteroatoms. The van der Waals surface area contributed by atoms with E-state index in [4.69, 9.17) is 0 Å². The molecule has 0 unspecified atom stereocenters. The number of sulfonamides is 1. The highest BCUT2D eigenvalue weighted by Gasteiger charge is 2.25. The average Bonchev–Trinajstić information content (AvgIpc) is 3.07. The van der Waals surface area contributed by atoms with Gasteiger partial charge in [-0.3, -0.25) is 4.79 Å². The smallest absolute Gasteiger partial charge is 0.241 e. The molecule has 0 heterocycles. The maximum Gasteiger partial charge on any atom is 0.241 e. The van der Waals surface area contributed by atoms with Crippen molar-refractivity contribution in [2.24, 2.45) is 0 Å². The van der Waals surface area contributed by atoms with Crippen LogP contribution in [0.5, 0.6) is 0 Å². The monoisotopic (exact) mass is 346 g/mol. The van der Waals surface area contributed by atoms with Gasteiger partial charge in [-0.05, 0) is 42.7 Å². The van der Waals surface area contributed by atoms with Crippen LogP contribution in [0.25, 0.3) is 10.8 Å². The van der Waals surface area contributed by atoms with Crippen LogP contribution in [0.1, 0.15) is 32.6 Å². The fourth-order valence-electron chi connectivity index (χ4n) is 3.09. The molecular formula is C18H22N2O3S. The van der Waals surface area contributed by atoms with Crippen molar-refractivity contribution in [2.45, 2.75) is 49.6 Å². The lowest BCUT2D eigenvalue weighted by Gasteiger charge is -2.18. The second-order valence-corrected chi connectivity index (χ2v) is 8.06. The van der Waals surface area contributed by atoms with Crippen molar-refractivity contribution in [3.8, 4) is 0 Å². The Morgan fingerprint density at radius 2 is 1.75 bits per heavy atom. The van der Waals surface area contributed by atoms with Crippen LogP contribution in [0.15, 0.2) is 47.4 Å². The molecule has 0 spiro atoms. The van der Waals surface area contributed by atoms with Gasteiger partial charge in [0.05, 0.1) is 10.9 Å². The molecule has 1 fully saturated rings. The van der Waals surface area contributed by atoms with Gasteiger partial charge in [0.1, 0.15) is 0 Å². The molecule has 5 nitrogen and oxygen atoms in total. The van der Waals surface area contributed by atoms with Crippen molar-refractivity contribution in [3.63, 3.8) is 0 Å². The van der Waals surface area contributed by atoms with Crippen molar-refractivity contribution >= 4 is 26.7 Å². The molecular weight excluding hydrogens is 324 g/mol. The lowest BCUT2D eigenvalue weighted by Crippen LogP contribution is -2.47. The highest BCUT2D eigenvalue weighted by molar-refractivity contribution is 7.89. The predicted molar refractivity (Wildman–Crippen MR) is 94.1 cm³/mol. The van der Waals surface area contributed by atoms with Gasteiger partial charge in [0.2, 0.25) is 15.9 Å². The Morgan fingerprint density at radius 1 is 1.08 bits per heavy atom. The van der Waals surface area contributed by atoms with E-state index in [2.05, 4.69) is 10.0 Å². The van der Waals surface area contributed by atoms with Crippen LogP contribution in [-0.2, 0) is 14.8 Å². The minimum Gasteiger partial charge on any atom is -0.352 e. The molecule has 1 atom stereocenters. The summed E-state index contributed by atoms with van der Waals surface area (Å²) in [6, 6.07) is 11.9. The molecule has 2 N–H and O–H groups in total. The van der Waals surface area contributed by atoms with Crippen LogP contribution in [0.4, 0.5) is 0 Å². The van der Waals surface area contributed by atoms with Gasteiger partial charge in [0, 0.05) is 6.04 Å². The van der Waals surface area contributed by atoms with E-state index in [0.717, 1.165) is 36.5 Å². The SMILES string of the molecule is C[C@@H](NS(=O)(=O)c1ccc2ccccc2c1)C(=O)NC1CCCC1. The lowest BCUT2D eigenvalue weighted by atomic mass is 10.1. The van der Waals surface area contributed by atoms with Gasteiger partial charge < -0.3 is 5.32 Å². The van der Waals surface area contributed by atoms with Crippen LogP contribution >= 0.6 is 0 Å². The summed E-state index contributed by atoms with van der Waals surface area (Å²) in [6.07, 6.45) is 4.16. The molecule has 2 aromatic rings. The quantitative estimate of drug-likeness (QED) is 0.874. The number of amides is 1. The van der Waals surface area contributed by atoms with Crippen LogP contribution in [0.3, 0.4) is 0 Å². The fraction of sp³-hybridized carbons (Fsp3) is 0.389. The minimum atomic E-state index is -3.74. The third kappa shape index (κ3) is 3.76. The van der Waals surface area contributed by atoms with Crippen LogP contribution in [0, 0.1) is 0 Å². The average molecular weight is 346 g/mol. The molecule has 3 rings (SSSR count). The van der Waals surface area contributed by atoms with E-state index < -0.39 is 16.1 Å². The Hall–Kier alpha value is -1.92. The summed E-state index contributed by atoms with van der Waals surface area (Å²) < 4.78 is 27.5. The second-order valence-electron chi connectivity index (χ2n) is 6.34. The van der Waals surface area contributed by atoms with E-state index in [1.54, 1.807) is 25.1 Å². The van der Waals surface area contributed by atoms with Gasteiger partial charge in [-0.1, -0.05) is 43.2 Å². The first kappa shape index (κ1) is 16.9. The zero-order chi connectivity index (χ0) is 17.2. The van der Waals surface area contributed by atoms with Gasteiger partial charge >= 0.3 is 0 Å². The molecule has 128 valence electrons. The molecule has 0 radical (unpaired) electrons. The summed E-state index contributed by atoms with van der Waals surface area (Å²) in [4.78, 5) is 12.4. The maximum atomic E-state index is 12.5. The number of benzene rings is 2. The lowest BCUT2D eigenvalue weighted by molar-refractivity contribution is -0.123. The molecule has 0 aromatic heterocycles. The van der Waals surface area contributed by atoms with Crippen LogP contribution in [-0.4, -0.2) is 26.4 Å². The second kappa shape index (κ2) is 6.91. The third-order valence-electron chi connectivity index (χ3n) is 4.46. The van der Waals surface area contributed by atoms with E-state index in [-0.39, 0.29) is 16.8 Å². The van der Waals surface area contributed by atoms with Crippen molar-refractivity contribution in [1.82, 2.24) is 10.0 Å². The summed E-state index contributed by atoms with van der Waals surface area (Å²) in [7, 11) is -3.74. The Labute approximate surface area is 142 Å². The van der Waals surface area contributed by atoms with Crippen molar-refractivity contribution in [2.75, 3.05) is 0 Å². The van der Waals surface area contributed by atoms with Gasteiger partial charge in [-0.15, -0.1) is 0 Å². The molecule has 2 aromatic carbocycles. The zero-order valence-corrected chi connectivity index (χ0v) is 14.5. The first-order valence-electron chi connectivity index (χ1n) is 8.27. The highest BCUT2D eigenvalue weighted by Crippen LogP contribution is 2.20. The highest BCUT2D eigenvalue weighted by atomic mass is 32.2. The molecule has 1 aliphatic rings. The Bertz CT molecular complexity index is 842. The number of fused-ring (bicyclic) bond motifs is 1.